The second-order valence-corrected chi connectivity index (χ2v) is 6.69. The van der Waals surface area contributed by atoms with Crippen molar-refractivity contribution in [1.29, 1.82) is 0 Å². The molecule has 3 rings (SSSR count). The summed E-state index contributed by atoms with van der Waals surface area (Å²) in [7, 11) is 1.37. The number of nitrogens with zero attached hydrogens (tertiary/aromatic N) is 3. The highest BCUT2D eigenvalue weighted by molar-refractivity contribution is 6.34. The van der Waals surface area contributed by atoms with Gasteiger partial charge in [0, 0.05) is 30.8 Å². The summed E-state index contributed by atoms with van der Waals surface area (Å²) in [5.74, 6) is -1.66. The molecule has 3 aromatic rings. The maximum Gasteiger partial charge on any atom is 0.359 e. The minimum absolute atomic E-state index is 0.0552. The van der Waals surface area contributed by atoms with Crippen molar-refractivity contribution < 1.29 is 19.2 Å². The second kappa shape index (κ2) is 9.18. The smallest absolute Gasteiger partial charge is 0.359 e. The van der Waals surface area contributed by atoms with Gasteiger partial charge in [0.15, 0.2) is 5.69 Å². The number of non-ortho nitro benzene ring substituents is 1. The van der Waals surface area contributed by atoms with E-state index in [-0.39, 0.29) is 22.1 Å². The Morgan fingerprint density at radius 2 is 1.87 bits per heavy atom. The highest BCUT2D eigenvalue weighted by Crippen LogP contribution is 2.28. The number of hydrogen-bond acceptors (Lipinski definition) is 7. The molecule has 1 amide bonds. The van der Waals surface area contributed by atoms with E-state index in [1.165, 1.54) is 25.2 Å². The summed E-state index contributed by atoms with van der Waals surface area (Å²) in [6.45, 7) is 0. The minimum atomic E-state index is -1.38. The van der Waals surface area contributed by atoms with Crippen LogP contribution in [0.15, 0.2) is 65.5 Å². The topological polar surface area (TPSA) is 133 Å². The van der Waals surface area contributed by atoms with Crippen LogP contribution < -0.4 is 10.9 Å². The summed E-state index contributed by atoms with van der Waals surface area (Å²) in [6, 6.07) is 14.1. The fraction of sp³-hybridized carbons (Fsp3) is 0.100. The Bertz CT molecular complexity index is 1210. The van der Waals surface area contributed by atoms with Crippen LogP contribution in [0, 0.1) is 10.1 Å². The van der Waals surface area contributed by atoms with E-state index >= 15 is 0 Å². The third-order valence-corrected chi connectivity index (χ3v) is 4.47. The highest BCUT2D eigenvalue weighted by atomic mass is 35.5. The largest absolute Gasteiger partial charge is 0.442 e. The normalized spacial score (nSPS) is 11.4. The summed E-state index contributed by atoms with van der Waals surface area (Å²) in [6.07, 6.45) is -1.38. The molecule has 0 aliphatic heterocycles. The number of amides is 1. The predicted molar refractivity (Wildman–Crippen MR) is 111 cm³/mol. The molecule has 1 unspecified atom stereocenters. The number of ether oxygens (including phenoxy) is 1. The van der Waals surface area contributed by atoms with Gasteiger partial charge in [-0.15, -0.1) is 0 Å². The third-order valence-electron chi connectivity index (χ3n) is 4.16. The molecule has 0 bridgehead atoms. The van der Waals surface area contributed by atoms with Gasteiger partial charge in [-0.2, -0.15) is 5.10 Å². The molecule has 1 atom stereocenters. The molecule has 0 saturated heterocycles. The number of aryl methyl sites for hydroxylation is 1. The average Bonchev–Trinajstić information content (AvgIpc) is 2.75. The van der Waals surface area contributed by atoms with Crippen molar-refractivity contribution in [3.8, 4) is 0 Å². The summed E-state index contributed by atoms with van der Waals surface area (Å²) in [5.41, 5.74) is -0.341. The van der Waals surface area contributed by atoms with Crippen LogP contribution in [0.4, 0.5) is 11.4 Å². The van der Waals surface area contributed by atoms with Crippen LogP contribution in [0.1, 0.15) is 22.2 Å². The maximum absolute atomic E-state index is 12.9. The lowest BCUT2D eigenvalue weighted by molar-refractivity contribution is -0.384. The highest BCUT2D eigenvalue weighted by Gasteiger charge is 2.27. The molecular weight excluding hydrogens is 428 g/mol. The number of carbonyl (C=O) groups excluding carboxylic acids is 2. The van der Waals surface area contributed by atoms with Crippen molar-refractivity contribution >= 4 is 34.9 Å². The molecule has 0 aliphatic rings. The number of halogens is 1. The molecule has 1 N–H and O–H groups in total. The average molecular weight is 443 g/mol. The molecule has 11 heteroatoms. The first-order chi connectivity index (χ1) is 14.8. The van der Waals surface area contributed by atoms with Gasteiger partial charge in [-0.25, -0.2) is 9.48 Å². The van der Waals surface area contributed by atoms with Gasteiger partial charge in [0.1, 0.15) is 0 Å². The van der Waals surface area contributed by atoms with E-state index in [0.717, 1.165) is 16.8 Å². The van der Waals surface area contributed by atoms with Gasteiger partial charge in [-0.05, 0) is 12.1 Å². The van der Waals surface area contributed by atoms with Crippen LogP contribution in [0.25, 0.3) is 0 Å². The van der Waals surface area contributed by atoms with Gasteiger partial charge < -0.3 is 10.1 Å². The zero-order valence-corrected chi connectivity index (χ0v) is 16.8. The number of nitro benzene ring substituents is 1. The molecular formula is C20H15ClN4O6. The molecule has 31 heavy (non-hydrogen) atoms. The number of esters is 1. The number of carbonyl (C=O) groups is 2. The molecule has 2 aromatic carbocycles. The fourth-order valence-corrected chi connectivity index (χ4v) is 2.82. The lowest BCUT2D eigenvalue weighted by atomic mass is 10.1. The molecule has 10 nitrogen and oxygen atoms in total. The zero-order valence-electron chi connectivity index (χ0n) is 16.0. The minimum Gasteiger partial charge on any atom is -0.442 e. The lowest BCUT2D eigenvalue weighted by Gasteiger charge is -2.18. The molecule has 0 aliphatic carbocycles. The first-order valence-corrected chi connectivity index (χ1v) is 9.19. The van der Waals surface area contributed by atoms with Crippen LogP contribution in [-0.2, 0) is 16.6 Å². The van der Waals surface area contributed by atoms with E-state index in [1.807, 2.05) is 0 Å². The Balaban J connectivity index is 1.88. The summed E-state index contributed by atoms with van der Waals surface area (Å²) >= 11 is 6.03. The first-order valence-electron chi connectivity index (χ1n) is 8.81. The molecule has 0 radical (unpaired) electrons. The zero-order chi connectivity index (χ0) is 22.5. The van der Waals surface area contributed by atoms with Gasteiger partial charge in [0.25, 0.3) is 17.2 Å². The maximum atomic E-state index is 12.9. The van der Waals surface area contributed by atoms with E-state index in [2.05, 4.69) is 10.4 Å². The van der Waals surface area contributed by atoms with Crippen molar-refractivity contribution in [3.63, 3.8) is 0 Å². The monoisotopic (exact) mass is 442 g/mol. The van der Waals surface area contributed by atoms with Crippen molar-refractivity contribution in [3.05, 3.63) is 97.4 Å². The van der Waals surface area contributed by atoms with Crippen LogP contribution in [0.2, 0.25) is 5.02 Å². The Hall–Kier alpha value is -4.05. The van der Waals surface area contributed by atoms with E-state index < -0.39 is 28.5 Å². The third kappa shape index (κ3) is 5.11. The summed E-state index contributed by atoms with van der Waals surface area (Å²) < 4.78 is 6.34. The van der Waals surface area contributed by atoms with Gasteiger partial charge >= 0.3 is 5.97 Å². The number of nitrogens with one attached hydrogen (secondary N) is 1. The van der Waals surface area contributed by atoms with E-state index in [1.54, 1.807) is 30.3 Å². The molecule has 1 heterocycles. The fourth-order valence-electron chi connectivity index (χ4n) is 2.60. The van der Waals surface area contributed by atoms with Crippen molar-refractivity contribution in [2.75, 3.05) is 5.32 Å². The number of anilines is 1. The van der Waals surface area contributed by atoms with Crippen LogP contribution in [0.5, 0.6) is 0 Å². The van der Waals surface area contributed by atoms with Crippen molar-refractivity contribution in [1.82, 2.24) is 9.78 Å². The number of hydrogen-bond donors (Lipinski definition) is 1. The van der Waals surface area contributed by atoms with Crippen LogP contribution in [0.3, 0.4) is 0 Å². The van der Waals surface area contributed by atoms with Crippen LogP contribution in [-0.4, -0.2) is 26.6 Å². The lowest BCUT2D eigenvalue weighted by Crippen LogP contribution is -2.28. The summed E-state index contributed by atoms with van der Waals surface area (Å²) in [5, 5.41) is 17.1. The number of rotatable bonds is 6. The van der Waals surface area contributed by atoms with Gasteiger partial charge in [-0.1, -0.05) is 41.9 Å². The molecule has 0 fully saturated rings. The number of aromatic nitrogens is 2. The second-order valence-electron chi connectivity index (χ2n) is 6.29. The van der Waals surface area contributed by atoms with Crippen molar-refractivity contribution in [2.24, 2.45) is 7.05 Å². The Kier molecular flexibility index (Phi) is 6.41. The molecule has 1 aromatic heterocycles. The molecule has 158 valence electrons. The van der Waals surface area contributed by atoms with E-state index in [4.69, 9.17) is 16.3 Å². The van der Waals surface area contributed by atoms with Crippen LogP contribution >= 0.6 is 11.6 Å². The van der Waals surface area contributed by atoms with E-state index in [0.29, 0.717) is 5.56 Å². The van der Waals surface area contributed by atoms with E-state index in [9.17, 15) is 24.5 Å². The Morgan fingerprint density at radius 1 is 1.16 bits per heavy atom. The number of nitro groups is 1. The number of benzene rings is 2. The predicted octanol–water partition coefficient (Wildman–Crippen LogP) is 2.88. The Morgan fingerprint density at radius 3 is 2.48 bits per heavy atom. The van der Waals surface area contributed by atoms with Crippen molar-refractivity contribution in [2.45, 2.75) is 6.10 Å². The van der Waals surface area contributed by atoms with Gasteiger partial charge in [0.2, 0.25) is 6.10 Å². The summed E-state index contributed by atoms with van der Waals surface area (Å²) in [4.78, 5) is 47.2. The van der Waals surface area contributed by atoms with Gasteiger partial charge in [0.05, 0.1) is 15.6 Å². The SMILES string of the molecule is Cn1nc(C(=O)OC(C(=O)Nc2ccc([N+](=O)[O-])cc2Cl)c2ccccc2)ccc1=O. The standard InChI is InChI=1S/C20H15ClN4O6/c1-24-17(26)10-9-16(23-24)20(28)31-18(12-5-3-2-4-6-12)19(27)22-15-8-7-13(25(29)30)11-14(15)21/h2-11,18H,1H3,(H,22,27). The quantitative estimate of drug-likeness (QED) is 0.352. The molecule has 0 spiro atoms. The Labute approximate surface area is 180 Å². The molecule has 0 saturated carbocycles. The first kappa shape index (κ1) is 21.7. The van der Waals surface area contributed by atoms with Gasteiger partial charge in [-0.3, -0.25) is 19.7 Å².